The second-order valence-corrected chi connectivity index (χ2v) is 10.6. The number of rotatable bonds is 9. The highest BCUT2D eigenvalue weighted by Crippen LogP contribution is 2.28. The van der Waals surface area contributed by atoms with Crippen molar-refractivity contribution in [1.29, 1.82) is 0 Å². The number of halogens is 3. The van der Waals surface area contributed by atoms with Crippen molar-refractivity contribution < 1.29 is 34.7 Å². The molecule has 1 aliphatic rings. The number of hydrogen-bond acceptors (Lipinski definition) is 5. The molecule has 1 fully saturated rings. The van der Waals surface area contributed by atoms with E-state index in [1.807, 2.05) is 0 Å². The molecule has 0 bridgehead atoms. The fraction of sp³-hybridized carbons (Fsp3) is 0.667. The molecule has 0 amide bonds. The van der Waals surface area contributed by atoms with E-state index in [2.05, 4.69) is 8.91 Å². The quantitative estimate of drug-likeness (QED) is 0.436. The number of hydrogen-bond donors (Lipinski definition) is 1. The van der Waals surface area contributed by atoms with Gasteiger partial charge in [0.05, 0.1) is 11.9 Å². The Hall–Kier alpha value is -1.33. The Labute approximate surface area is 171 Å². The minimum absolute atomic E-state index is 0.0754. The van der Waals surface area contributed by atoms with Crippen molar-refractivity contribution in [2.45, 2.75) is 68.7 Å². The maximum absolute atomic E-state index is 12.4. The molecule has 1 aliphatic carbocycles. The van der Waals surface area contributed by atoms with Gasteiger partial charge in [0.2, 0.25) is 0 Å². The summed E-state index contributed by atoms with van der Waals surface area (Å²) in [5.74, 6) is 0.447. The van der Waals surface area contributed by atoms with E-state index in [9.17, 15) is 25.8 Å². The second kappa shape index (κ2) is 9.65. The van der Waals surface area contributed by atoms with Gasteiger partial charge in [0.1, 0.15) is 22.3 Å². The Bertz CT molecular complexity index is 789. The molecule has 1 N–H and O–H groups in total. The van der Waals surface area contributed by atoms with Gasteiger partial charge in [-0.1, -0.05) is 19.3 Å². The van der Waals surface area contributed by atoms with Crippen LogP contribution in [0.2, 0.25) is 0 Å². The summed E-state index contributed by atoms with van der Waals surface area (Å²) in [6, 6.07) is 6.71. The van der Waals surface area contributed by atoms with Crippen LogP contribution in [0.1, 0.15) is 52.4 Å². The van der Waals surface area contributed by atoms with Crippen LogP contribution in [0.5, 0.6) is 5.75 Å². The lowest BCUT2D eigenvalue weighted by Gasteiger charge is -2.26. The van der Waals surface area contributed by atoms with E-state index < -0.39 is 38.8 Å². The molecule has 166 valence electrons. The molecule has 1 aromatic carbocycles. The molecule has 1 saturated carbocycles. The molecule has 11 heteroatoms. The van der Waals surface area contributed by atoms with Crippen LogP contribution in [0.25, 0.3) is 0 Å². The topological polar surface area (TPSA) is 81.7 Å². The largest absolute Gasteiger partial charge is 0.523 e. The van der Waals surface area contributed by atoms with Crippen molar-refractivity contribution in [3.05, 3.63) is 24.3 Å². The molecule has 0 aromatic heterocycles. The van der Waals surface area contributed by atoms with E-state index in [0.29, 0.717) is 11.4 Å². The number of alkyl halides is 3. The van der Waals surface area contributed by atoms with Gasteiger partial charge in [-0.3, -0.25) is 4.18 Å². The van der Waals surface area contributed by atoms with Gasteiger partial charge in [-0.2, -0.15) is 21.6 Å². The zero-order chi connectivity index (χ0) is 21.7. The fourth-order valence-electron chi connectivity index (χ4n) is 2.90. The lowest BCUT2D eigenvalue weighted by molar-refractivity contribution is -0.0553. The molecular formula is C18H26F3NO5S2. The number of anilines is 1. The van der Waals surface area contributed by atoms with Crippen LogP contribution in [0.3, 0.4) is 0 Å². The van der Waals surface area contributed by atoms with Crippen LogP contribution in [0.4, 0.5) is 18.9 Å². The van der Waals surface area contributed by atoms with Crippen LogP contribution in [-0.2, 0) is 25.3 Å². The van der Waals surface area contributed by atoms with E-state index in [1.165, 1.54) is 6.42 Å². The van der Waals surface area contributed by atoms with Crippen molar-refractivity contribution >= 4 is 26.8 Å². The SMILES string of the molecule is CC(C)(CCOS(=O)(=O)C(F)(F)F)Oc1ccc(NS(=O)C2CCCCC2)cc1. The van der Waals surface area contributed by atoms with Crippen molar-refractivity contribution in [2.24, 2.45) is 0 Å². The van der Waals surface area contributed by atoms with Crippen LogP contribution < -0.4 is 9.46 Å². The summed E-state index contributed by atoms with van der Waals surface area (Å²) < 4.78 is 83.8. The van der Waals surface area contributed by atoms with Crippen molar-refractivity contribution in [3.8, 4) is 5.75 Å². The summed E-state index contributed by atoms with van der Waals surface area (Å²) in [6.45, 7) is 2.57. The maximum atomic E-state index is 12.4. The van der Waals surface area contributed by atoms with Crippen LogP contribution >= 0.6 is 0 Å². The summed E-state index contributed by atoms with van der Waals surface area (Å²) >= 11 is 0. The smallest absolute Gasteiger partial charge is 0.488 e. The Balaban J connectivity index is 1.85. The Morgan fingerprint density at radius 3 is 2.24 bits per heavy atom. The van der Waals surface area contributed by atoms with E-state index in [4.69, 9.17) is 4.74 Å². The van der Waals surface area contributed by atoms with Crippen LogP contribution in [0.15, 0.2) is 24.3 Å². The molecule has 1 aromatic rings. The van der Waals surface area contributed by atoms with E-state index >= 15 is 0 Å². The molecule has 6 nitrogen and oxygen atoms in total. The van der Waals surface area contributed by atoms with Crippen LogP contribution in [0, 0.1) is 0 Å². The first-order chi connectivity index (χ1) is 13.4. The lowest BCUT2D eigenvalue weighted by Crippen LogP contribution is -2.32. The minimum atomic E-state index is -5.61. The first-order valence-electron chi connectivity index (χ1n) is 9.32. The molecule has 29 heavy (non-hydrogen) atoms. The van der Waals surface area contributed by atoms with Gasteiger partial charge < -0.3 is 9.46 Å². The number of nitrogens with one attached hydrogen (secondary N) is 1. The lowest BCUT2D eigenvalue weighted by atomic mass is 10.0. The highest BCUT2D eigenvalue weighted by Gasteiger charge is 2.47. The molecule has 1 unspecified atom stereocenters. The van der Waals surface area contributed by atoms with Gasteiger partial charge in [0, 0.05) is 12.1 Å². The number of ether oxygens (including phenoxy) is 1. The third-order valence-electron chi connectivity index (χ3n) is 4.55. The standard InChI is InChI=1S/C18H26F3NO5S2/c1-17(2,12-13-26-29(24,25)18(19,20)21)27-15-10-8-14(9-11-15)22-28(23)16-6-4-3-5-7-16/h8-11,16,22H,3-7,12-13H2,1-2H3. The van der Waals surface area contributed by atoms with Gasteiger partial charge in [-0.15, -0.1) is 0 Å². The summed E-state index contributed by atoms with van der Waals surface area (Å²) in [5, 5.41) is 0.145. The molecule has 0 saturated heterocycles. The van der Waals surface area contributed by atoms with Gasteiger partial charge in [0.15, 0.2) is 0 Å². The maximum Gasteiger partial charge on any atom is 0.523 e. The van der Waals surface area contributed by atoms with E-state index in [-0.39, 0.29) is 11.7 Å². The Morgan fingerprint density at radius 1 is 1.10 bits per heavy atom. The van der Waals surface area contributed by atoms with Gasteiger partial charge in [0.25, 0.3) is 0 Å². The summed E-state index contributed by atoms with van der Waals surface area (Å²) in [6.07, 6.45) is 5.18. The molecule has 0 aliphatic heterocycles. The third kappa shape index (κ3) is 7.45. The molecule has 0 heterocycles. The fourth-order valence-corrected chi connectivity index (χ4v) is 4.64. The number of benzene rings is 1. The Kier molecular flexibility index (Phi) is 7.97. The monoisotopic (exact) mass is 457 g/mol. The first-order valence-corrected chi connectivity index (χ1v) is 11.9. The minimum Gasteiger partial charge on any atom is -0.488 e. The van der Waals surface area contributed by atoms with Crippen LogP contribution in [-0.4, -0.2) is 35.6 Å². The summed E-state index contributed by atoms with van der Waals surface area (Å²) in [5.41, 5.74) is -5.72. The zero-order valence-corrected chi connectivity index (χ0v) is 18.0. The van der Waals surface area contributed by atoms with E-state index in [0.717, 1.165) is 25.7 Å². The van der Waals surface area contributed by atoms with E-state index in [1.54, 1.807) is 38.1 Å². The van der Waals surface area contributed by atoms with Crippen molar-refractivity contribution in [2.75, 3.05) is 11.3 Å². The van der Waals surface area contributed by atoms with Gasteiger partial charge in [-0.25, -0.2) is 4.21 Å². The molecule has 0 spiro atoms. The zero-order valence-electron chi connectivity index (χ0n) is 16.3. The van der Waals surface area contributed by atoms with Crippen molar-refractivity contribution in [1.82, 2.24) is 0 Å². The first kappa shape index (κ1) is 23.9. The second-order valence-electron chi connectivity index (χ2n) is 7.52. The summed E-state index contributed by atoms with van der Waals surface area (Å²) in [7, 11) is -6.77. The highest BCUT2D eigenvalue weighted by atomic mass is 32.2. The summed E-state index contributed by atoms with van der Waals surface area (Å²) in [4.78, 5) is 0. The average molecular weight is 458 g/mol. The molecular weight excluding hydrogens is 431 g/mol. The Morgan fingerprint density at radius 2 is 1.69 bits per heavy atom. The molecule has 1 atom stereocenters. The average Bonchev–Trinajstić information content (AvgIpc) is 2.62. The predicted molar refractivity (Wildman–Crippen MR) is 105 cm³/mol. The van der Waals surface area contributed by atoms with Gasteiger partial charge >= 0.3 is 15.6 Å². The van der Waals surface area contributed by atoms with Gasteiger partial charge in [-0.05, 0) is 51.0 Å². The normalized spacial score (nSPS) is 17.7. The highest BCUT2D eigenvalue weighted by molar-refractivity contribution is 7.87. The van der Waals surface area contributed by atoms with Crippen molar-refractivity contribution in [3.63, 3.8) is 0 Å². The third-order valence-corrected chi connectivity index (χ3v) is 7.11. The molecule has 0 radical (unpaired) electrons. The predicted octanol–water partition coefficient (Wildman–Crippen LogP) is 4.51. The molecule has 2 rings (SSSR count).